The topological polar surface area (TPSA) is 98.0 Å². The van der Waals surface area contributed by atoms with Crippen LogP contribution in [0.2, 0.25) is 0 Å². The van der Waals surface area contributed by atoms with Gasteiger partial charge in [-0.3, -0.25) is 19.7 Å². The summed E-state index contributed by atoms with van der Waals surface area (Å²) in [6, 6.07) is 5.98. The van der Waals surface area contributed by atoms with E-state index in [1.54, 1.807) is 36.0 Å². The first-order chi connectivity index (χ1) is 13.4. The minimum Gasteiger partial charge on any atom is -0.348 e. The van der Waals surface area contributed by atoms with Crippen molar-refractivity contribution < 1.29 is 9.18 Å². The van der Waals surface area contributed by atoms with E-state index in [9.17, 15) is 14.0 Å². The van der Waals surface area contributed by atoms with E-state index in [0.717, 1.165) is 0 Å². The number of hydrogen-bond donors (Lipinski definition) is 2. The quantitative estimate of drug-likeness (QED) is 0.717. The van der Waals surface area contributed by atoms with Gasteiger partial charge < -0.3 is 9.80 Å². The SMILES string of the molecule is CN(C)c1nc2c(c(=O)[nH]1)CCN(C(=O)c1cn[nH]c1-c1cccc(F)c1)C2. The van der Waals surface area contributed by atoms with Crippen LogP contribution in [-0.4, -0.2) is 51.6 Å². The molecule has 0 fully saturated rings. The van der Waals surface area contributed by atoms with Crippen molar-refractivity contribution in [3.8, 4) is 11.3 Å². The average molecular weight is 382 g/mol. The molecule has 8 nitrogen and oxygen atoms in total. The number of fused-ring (bicyclic) bond motifs is 1. The fourth-order valence-corrected chi connectivity index (χ4v) is 3.29. The highest BCUT2D eigenvalue weighted by molar-refractivity contribution is 5.99. The lowest BCUT2D eigenvalue weighted by molar-refractivity contribution is 0.0732. The highest BCUT2D eigenvalue weighted by atomic mass is 19.1. The molecule has 1 amide bonds. The van der Waals surface area contributed by atoms with Gasteiger partial charge in [-0.2, -0.15) is 5.10 Å². The van der Waals surface area contributed by atoms with Crippen molar-refractivity contribution in [2.45, 2.75) is 13.0 Å². The van der Waals surface area contributed by atoms with Gasteiger partial charge in [0.1, 0.15) is 5.82 Å². The molecule has 0 saturated carbocycles. The lowest BCUT2D eigenvalue weighted by atomic mass is 10.0. The molecule has 9 heteroatoms. The molecule has 4 rings (SSSR count). The van der Waals surface area contributed by atoms with E-state index in [1.165, 1.54) is 18.3 Å². The Morgan fingerprint density at radius 2 is 2.14 bits per heavy atom. The number of aromatic amines is 2. The number of nitrogens with zero attached hydrogens (tertiary/aromatic N) is 4. The molecule has 0 atom stereocenters. The number of amides is 1. The van der Waals surface area contributed by atoms with Crippen LogP contribution >= 0.6 is 0 Å². The molecule has 1 aliphatic rings. The van der Waals surface area contributed by atoms with E-state index in [1.807, 2.05) is 0 Å². The molecule has 28 heavy (non-hydrogen) atoms. The van der Waals surface area contributed by atoms with Crippen molar-refractivity contribution in [1.29, 1.82) is 0 Å². The third-order valence-electron chi connectivity index (χ3n) is 4.75. The van der Waals surface area contributed by atoms with Gasteiger partial charge in [0.2, 0.25) is 5.95 Å². The van der Waals surface area contributed by atoms with Crippen LogP contribution < -0.4 is 10.5 Å². The number of anilines is 1. The number of halogens is 1. The van der Waals surface area contributed by atoms with Crippen LogP contribution in [0, 0.1) is 5.82 Å². The van der Waals surface area contributed by atoms with Crippen LogP contribution in [0.1, 0.15) is 21.6 Å². The Bertz CT molecular complexity index is 1100. The van der Waals surface area contributed by atoms with Gasteiger partial charge in [0, 0.05) is 31.8 Å². The molecule has 0 radical (unpaired) electrons. The number of H-pyrrole nitrogens is 2. The monoisotopic (exact) mass is 382 g/mol. The molecular formula is C19H19FN6O2. The Balaban J connectivity index is 1.65. The summed E-state index contributed by atoms with van der Waals surface area (Å²) in [5.41, 5.74) is 2.37. The minimum atomic E-state index is -0.392. The minimum absolute atomic E-state index is 0.176. The summed E-state index contributed by atoms with van der Waals surface area (Å²) in [6.45, 7) is 0.623. The Morgan fingerprint density at radius 1 is 1.32 bits per heavy atom. The number of aromatic nitrogens is 4. The average Bonchev–Trinajstić information content (AvgIpc) is 3.16. The number of nitrogens with one attached hydrogen (secondary N) is 2. The van der Waals surface area contributed by atoms with Crippen molar-refractivity contribution in [2.75, 3.05) is 25.5 Å². The first-order valence-electron chi connectivity index (χ1n) is 8.82. The molecule has 3 heterocycles. The Hall–Kier alpha value is -3.49. The zero-order chi connectivity index (χ0) is 19.8. The van der Waals surface area contributed by atoms with Gasteiger partial charge in [-0.15, -0.1) is 0 Å². The lowest BCUT2D eigenvalue weighted by Crippen LogP contribution is -2.39. The molecule has 1 aromatic carbocycles. The third-order valence-corrected chi connectivity index (χ3v) is 4.75. The molecule has 2 aromatic heterocycles. The number of rotatable bonds is 3. The van der Waals surface area contributed by atoms with Gasteiger partial charge in [0.25, 0.3) is 11.5 Å². The number of benzene rings is 1. The summed E-state index contributed by atoms with van der Waals surface area (Å²) in [7, 11) is 3.57. The zero-order valence-corrected chi connectivity index (χ0v) is 15.5. The Kier molecular flexibility index (Phi) is 4.42. The fraction of sp³-hybridized carbons (Fsp3) is 0.263. The van der Waals surface area contributed by atoms with Gasteiger partial charge in [0.15, 0.2) is 0 Å². The fourth-order valence-electron chi connectivity index (χ4n) is 3.29. The molecule has 2 N–H and O–H groups in total. The van der Waals surface area contributed by atoms with Crippen LogP contribution in [0.5, 0.6) is 0 Å². The van der Waals surface area contributed by atoms with Crippen LogP contribution in [0.15, 0.2) is 35.3 Å². The molecule has 1 aliphatic heterocycles. The molecule has 0 saturated heterocycles. The third kappa shape index (κ3) is 3.15. The van der Waals surface area contributed by atoms with Crippen LogP contribution in [0.25, 0.3) is 11.3 Å². The van der Waals surface area contributed by atoms with E-state index in [4.69, 9.17) is 0 Å². The number of carbonyl (C=O) groups is 1. The largest absolute Gasteiger partial charge is 0.348 e. The van der Waals surface area contributed by atoms with E-state index in [2.05, 4.69) is 20.2 Å². The highest BCUT2D eigenvalue weighted by Gasteiger charge is 2.27. The summed E-state index contributed by atoms with van der Waals surface area (Å²) in [5, 5.41) is 6.75. The van der Waals surface area contributed by atoms with Gasteiger partial charge >= 0.3 is 0 Å². The highest BCUT2D eigenvalue weighted by Crippen LogP contribution is 2.25. The van der Waals surface area contributed by atoms with Gasteiger partial charge in [-0.05, 0) is 18.6 Å². The number of carbonyl (C=O) groups excluding carboxylic acids is 1. The van der Waals surface area contributed by atoms with Crippen LogP contribution in [0.3, 0.4) is 0 Å². The van der Waals surface area contributed by atoms with Crippen LogP contribution in [-0.2, 0) is 13.0 Å². The Morgan fingerprint density at radius 3 is 2.89 bits per heavy atom. The second kappa shape index (κ2) is 6.91. The predicted molar refractivity (Wildman–Crippen MR) is 102 cm³/mol. The maximum Gasteiger partial charge on any atom is 0.258 e. The summed E-state index contributed by atoms with van der Waals surface area (Å²) in [4.78, 5) is 36.0. The molecule has 144 valence electrons. The van der Waals surface area contributed by atoms with E-state index in [-0.39, 0.29) is 18.0 Å². The smallest absolute Gasteiger partial charge is 0.258 e. The van der Waals surface area contributed by atoms with E-state index >= 15 is 0 Å². The van der Waals surface area contributed by atoms with Crippen molar-refractivity contribution in [1.82, 2.24) is 25.1 Å². The first-order valence-corrected chi connectivity index (χ1v) is 8.82. The first kappa shape index (κ1) is 17.9. The maximum absolute atomic E-state index is 13.6. The van der Waals surface area contributed by atoms with Crippen LogP contribution in [0.4, 0.5) is 10.3 Å². The summed E-state index contributed by atoms with van der Waals surface area (Å²) >= 11 is 0. The zero-order valence-electron chi connectivity index (χ0n) is 15.5. The maximum atomic E-state index is 13.6. The number of hydrogen-bond acceptors (Lipinski definition) is 5. The Labute approximate surface area is 160 Å². The second-order valence-electron chi connectivity index (χ2n) is 6.85. The molecule has 0 unspecified atom stereocenters. The lowest BCUT2D eigenvalue weighted by Gasteiger charge is -2.28. The van der Waals surface area contributed by atoms with Crippen molar-refractivity contribution >= 4 is 11.9 Å². The molecular weight excluding hydrogens is 363 g/mol. The van der Waals surface area contributed by atoms with Crippen molar-refractivity contribution in [3.63, 3.8) is 0 Å². The summed E-state index contributed by atoms with van der Waals surface area (Å²) < 4.78 is 13.6. The predicted octanol–water partition coefficient (Wildman–Crippen LogP) is 1.56. The van der Waals surface area contributed by atoms with Crippen molar-refractivity contribution in [2.24, 2.45) is 0 Å². The molecule has 0 spiro atoms. The van der Waals surface area contributed by atoms with Gasteiger partial charge in [-0.1, -0.05) is 12.1 Å². The normalized spacial score (nSPS) is 13.3. The summed E-state index contributed by atoms with van der Waals surface area (Å²) in [5.74, 6) is -0.189. The molecule has 3 aromatic rings. The van der Waals surface area contributed by atoms with E-state index in [0.29, 0.717) is 47.0 Å². The molecule has 0 aliphatic carbocycles. The molecule has 0 bridgehead atoms. The van der Waals surface area contributed by atoms with Gasteiger partial charge in [-0.25, -0.2) is 9.37 Å². The standard InChI is InChI=1S/C19H19FN6O2/c1-25(2)19-22-15-10-26(7-6-13(15)17(27)23-19)18(28)14-9-21-24-16(14)11-4-3-5-12(20)8-11/h3-5,8-9H,6-7,10H2,1-2H3,(H,21,24)(H,22,23,27). The van der Waals surface area contributed by atoms with Gasteiger partial charge in [0.05, 0.1) is 29.7 Å². The van der Waals surface area contributed by atoms with E-state index < -0.39 is 5.82 Å². The van der Waals surface area contributed by atoms with Crippen molar-refractivity contribution in [3.05, 3.63) is 63.5 Å². The summed E-state index contributed by atoms with van der Waals surface area (Å²) in [6.07, 6.45) is 1.86. The second-order valence-corrected chi connectivity index (χ2v) is 6.85.